The van der Waals surface area contributed by atoms with E-state index in [4.69, 9.17) is 4.74 Å². The van der Waals surface area contributed by atoms with Crippen LogP contribution in [0, 0.1) is 6.92 Å². The van der Waals surface area contributed by atoms with Crippen LogP contribution in [0.2, 0.25) is 0 Å². The minimum absolute atomic E-state index is 0.218. The van der Waals surface area contributed by atoms with E-state index in [-0.39, 0.29) is 6.03 Å². The van der Waals surface area contributed by atoms with Gasteiger partial charge in [-0.3, -0.25) is 0 Å². The zero-order chi connectivity index (χ0) is 16.5. The smallest absolute Gasteiger partial charge is 0.318 e. The summed E-state index contributed by atoms with van der Waals surface area (Å²) >= 11 is 0. The van der Waals surface area contributed by atoms with Crippen molar-refractivity contribution in [2.45, 2.75) is 13.3 Å². The van der Waals surface area contributed by atoms with Gasteiger partial charge in [-0.15, -0.1) is 0 Å². The molecular formula is C19H22N2O2. The zero-order valence-corrected chi connectivity index (χ0v) is 13.5. The summed E-state index contributed by atoms with van der Waals surface area (Å²) in [6.07, 6.45) is 4.26. The van der Waals surface area contributed by atoms with Gasteiger partial charge in [0.2, 0.25) is 0 Å². The second kappa shape index (κ2) is 8.63. The number of amides is 2. The summed E-state index contributed by atoms with van der Waals surface area (Å²) in [7, 11) is 1.65. The number of hydrogen-bond donors (Lipinski definition) is 2. The maximum absolute atomic E-state index is 11.8. The predicted octanol–water partition coefficient (Wildman–Crippen LogP) is 3.52. The van der Waals surface area contributed by atoms with Crippen LogP contribution >= 0.6 is 0 Å². The van der Waals surface area contributed by atoms with E-state index in [0.29, 0.717) is 6.54 Å². The van der Waals surface area contributed by atoms with Crippen LogP contribution in [0.15, 0.2) is 54.7 Å². The second-order valence-electron chi connectivity index (χ2n) is 5.15. The molecule has 0 saturated carbocycles. The number of carbonyl (C=O) groups excluding carboxylic acids is 1. The summed E-state index contributed by atoms with van der Waals surface area (Å²) in [5.41, 5.74) is 3.33. The first-order valence-electron chi connectivity index (χ1n) is 7.59. The first-order chi connectivity index (χ1) is 11.2. The Morgan fingerprint density at radius 1 is 1.13 bits per heavy atom. The first kappa shape index (κ1) is 16.6. The lowest BCUT2D eigenvalue weighted by atomic mass is 10.1. The molecule has 120 valence electrons. The van der Waals surface area contributed by atoms with Crippen LogP contribution in [0.4, 0.5) is 4.79 Å². The molecule has 2 rings (SSSR count). The number of nitrogens with one attached hydrogen (secondary N) is 2. The fourth-order valence-corrected chi connectivity index (χ4v) is 2.25. The van der Waals surface area contributed by atoms with Crippen LogP contribution in [0.1, 0.15) is 16.7 Å². The molecule has 4 nitrogen and oxygen atoms in total. The number of aryl methyl sites for hydroxylation is 1. The van der Waals surface area contributed by atoms with E-state index in [9.17, 15) is 4.79 Å². The van der Waals surface area contributed by atoms with Crippen LogP contribution in [-0.4, -0.2) is 19.7 Å². The highest BCUT2D eigenvalue weighted by atomic mass is 16.5. The number of para-hydroxylation sites is 1. The molecule has 0 aliphatic carbocycles. The number of urea groups is 1. The van der Waals surface area contributed by atoms with Crippen molar-refractivity contribution in [1.29, 1.82) is 0 Å². The highest BCUT2D eigenvalue weighted by Crippen LogP contribution is 2.17. The largest absolute Gasteiger partial charge is 0.496 e. The van der Waals surface area contributed by atoms with Crippen molar-refractivity contribution in [3.8, 4) is 5.75 Å². The molecule has 4 heteroatoms. The summed E-state index contributed by atoms with van der Waals surface area (Å²) in [5, 5.41) is 5.54. The van der Waals surface area contributed by atoms with Gasteiger partial charge in [0.25, 0.3) is 0 Å². The van der Waals surface area contributed by atoms with Crippen molar-refractivity contribution in [3.63, 3.8) is 0 Å². The van der Waals surface area contributed by atoms with Crippen LogP contribution in [-0.2, 0) is 6.42 Å². The van der Waals surface area contributed by atoms with E-state index in [0.717, 1.165) is 23.3 Å². The standard InChI is InChI=1S/C19H22N2O2/c1-15-7-3-4-8-16(15)11-13-20-19(22)21-14-12-17-9-5-6-10-18(17)23-2/h3-11,13H,12,14H2,1-2H3,(H2,20,21,22)/b13-11+. The van der Waals surface area contributed by atoms with Gasteiger partial charge in [0.05, 0.1) is 7.11 Å². The molecule has 0 atom stereocenters. The van der Waals surface area contributed by atoms with Gasteiger partial charge < -0.3 is 15.4 Å². The third-order valence-corrected chi connectivity index (χ3v) is 3.54. The molecule has 0 spiro atoms. The Labute approximate surface area is 137 Å². The van der Waals surface area contributed by atoms with E-state index >= 15 is 0 Å². The van der Waals surface area contributed by atoms with Crippen molar-refractivity contribution in [1.82, 2.24) is 10.6 Å². The molecule has 0 saturated heterocycles. The molecule has 0 heterocycles. The summed E-state index contributed by atoms with van der Waals surface area (Å²) in [6, 6.07) is 15.6. The second-order valence-corrected chi connectivity index (χ2v) is 5.15. The Morgan fingerprint density at radius 3 is 2.65 bits per heavy atom. The number of rotatable bonds is 6. The maximum atomic E-state index is 11.8. The third kappa shape index (κ3) is 5.18. The van der Waals surface area contributed by atoms with Gasteiger partial charge in [-0.25, -0.2) is 4.79 Å². The molecule has 2 N–H and O–H groups in total. The average Bonchev–Trinajstić information content (AvgIpc) is 2.57. The summed E-state index contributed by atoms with van der Waals surface area (Å²) < 4.78 is 5.29. The summed E-state index contributed by atoms with van der Waals surface area (Å²) in [5.74, 6) is 0.842. The van der Waals surface area contributed by atoms with Crippen molar-refractivity contribution < 1.29 is 9.53 Å². The van der Waals surface area contributed by atoms with Gasteiger partial charge in [-0.05, 0) is 42.2 Å². The minimum atomic E-state index is -0.218. The van der Waals surface area contributed by atoms with Gasteiger partial charge >= 0.3 is 6.03 Å². The molecular weight excluding hydrogens is 288 g/mol. The van der Waals surface area contributed by atoms with E-state index in [1.165, 1.54) is 5.56 Å². The Bertz CT molecular complexity index is 681. The lowest BCUT2D eigenvalue weighted by Crippen LogP contribution is -2.33. The number of ether oxygens (including phenoxy) is 1. The first-order valence-corrected chi connectivity index (χ1v) is 7.59. The average molecular weight is 310 g/mol. The number of benzene rings is 2. The zero-order valence-electron chi connectivity index (χ0n) is 13.5. The maximum Gasteiger partial charge on any atom is 0.318 e. The van der Waals surface area contributed by atoms with Crippen molar-refractivity contribution >= 4 is 12.1 Å². The molecule has 0 fully saturated rings. The molecule has 2 amide bonds. The molecule has 0 aromatic heterocycles. The highest BCUT2D eigenvalue weighted by Gasteiger charge is 2.02. The quantitative estimate of drug-likeness (QED) is 0.858. The summed E-state index contributed by atoms with van der Waals surface area (Å²) in [6.45, 7) is 2.58. The lowest BCUT2D eigenvalue weighted by Gasteiger charge is -2.09. The predicted molar refractivity (Wildman–Crippen MR) is 93.4 cm³/mol. The molecule has 0 bridgehead atoms. The topological polar surface area (TPSA) is 50.4 Å². The van der Waals surface area contributed by atoms with Crippen LogP contribution in [0.5, 0.6) is 5.75 Å². The number of hydrogen-bond acceptors (Lipinski definition) is 2. The fraction of sp³-hybridized carbons (Fsp3) is 0.211. The molecule has 0 unspecified atom stereocenters. The normalized spacial score (nSPS) is 10.5. The molecule has 0 aliphatic rings. The lowest BCUT2D eigenvalue weighted by molar-refractivity contribution is 0.244. The summed E-state index contributed by atoms with van der Waals surface area (Å²) in [4.78, 5) is 11.8. The fourth-order valence-electron chi connectivity index (χ4n) is 2.25. The Balaban J connectivity index is 1.76. The van der Waals surface area contributed by atoms with Gasteiger partial charge in [0.15, 0.2) is 0 Å². The van der Waals surface area contributed by atoms with Gasteiger partial charge in [0, 0.05) is 12.7 Å². The van der Waals surface area contributed by atoms with E-state index < -0.39 is 0 Å². The highest BCUT2D eigenvalue weighted by molar-refractivity contribution is 5.76. The van der Waals surface area contributed by atoms with Crippen molar-refractivity contribution in [2.24, 2.45) is 0 Å². The number of methoxy groups -OCH3 is 1. The molecule has 2 aromatic carbocycles. The third-order valence-electron chi connectivity index (χ3n) is 3.54. The monoisotopic (exact) mass is 310 g/mol. The number of carbonyl (C=O) groups is 1. The molecule has 2 aromatic rings. The van der Waals surface area contributed by atoms with Crippen LogP contribution < -0.4 is 15.4 Å². The molecule has 23 heavy (non-hydrogen) atoms. The van der Waals surface area contributed by atoms with Crippen molar-refractivity contribution in [2.75, 3.05) is 13.7 Å². The van der Waals surface area contributed by atoms with Crippen molar-refractivity contribution in [3.05, 3.63) is 71.4 Å². The van der Waals surface area contributed by atoms with Gasteiger partial charge in [0.1, 0.15) is 5.75 Å². The minimum Gasteiger partial charge on any atom is -0.496 e. The Morgan fingerprint density at radius 2 is 1.87 bits per heavy atom. The van der Waals surface area contributed by atoms with E-state index in [2.05, 4.69) is 10.6 Å². The van der Waals surface area contributed by atoms with E-state index in [1.807, 2.05) is 61.5 Å². The Hall–Kier alpha value is -2.75. The van der Waals surface area contributed by atoms with Crippen LogP contribution in [0.25, 0.3) is 6.08 Å². The van der Waals surface area contributed by atoms with Gasteiger partial charge in [-0.2, -0.15) is 0 Å². The molecule has 0 radical (unpaired) electrons. The van der Waals surface area contributed by atoms with Gasteiger partial charge in [-0.1, -0.05) is 42.5 Å². The Kier molecular flexibility index (Phi) is 6.24. The van der Waals surface area contributed by atoms with Crippen LogP contribution in [0.3, 0.4) is 0 Å². The van der Waals surface area contributed by atoms with E-state index in [1.54, 1.807) is 13.3 Å². The molecule has 0 aliphatic heterocycles. The SMILES string of the molecule is COc1ccccc1CCNC(=O)N/C=C/c1ccccc1C.